The summed E-state index contributed by atoms with van der Waals surface area (Å²) in [4.78, 5) is 11.3. The maximum absolute atomic E-state index is 4.70. The van der Waals surface area contributed by atoms with Crippen molar-refractivity contribution in [1.29, 1.82) is 0 Å². The molecule has 2 heterocycles. The molecule has 2 N–H and O–H groups in total. The zero-order valence-corrected chi connectivity index (χ0v) is 18.0. The zero-order valence-electron chi connectivity index (χ0n) is 15.7. The minimum absolute atomic E-state index is 0. The number of fused-ring (bicyclic) bond motifs is 1. The largest absolute Gasteiger partial charge is 0.374 e. The van der Waals surface area contributed by atoms with Gasteiger partial charge in [0.05, 0.1) is 13.1 Å². The van der Waals surface area contributed by atoms with E-state index in [2.05, 4.69) is 57.8 Å². The number of aliphatic imine (C=N–C) groups is 1. The van der Waals surface area contributed by atoms with Gasteiger partial charge in [-0.2, -0.15) is 5.10 Å². The molecule has 0 atom stereocenters. The number of aryl methyl sites for hydroxylation is 2. The fourth-order valence-corrected chi connectivity index (χ4v) is 3.09. The summed E-state index contributed by atoms with van der Waals surface area (Å²) in [5, 5.41) is 10.7. The number of hydrogen-bond acceptors (Lipinski definition) is 4. The van der Waals surface area contributed by atoms with Gasteiger partial charge in [0.1, 0.15) is 12.2 Å². The van der Waals surface area contributed by atoms with E-state index in [1.54, 1.807) is 11.0 Å². The predicted molar refractivity (Wildman–Crippen MR) is 116 cm³/mol. The van der Waals surface area contributed by atoms with Crippen molar-refractivity contribution in [2.75, 3.05) is 25.0 Å². The number of nitrogens with zero attached hydrogens (tertiary/aromatic N) is 5. The SMILES string of the molecule is CCNC(=NCc1ccc2c(c1)CCCN2C)NCc1ncnn1C.I. The van der Waals surface area contributed by atoms with Crippen molar-refractivity contribution in [3.8, 4) is 0 Å². The number of benzene rings is 1. The molecule has 2 aromatic rings. The fourth-order valence-electron chi connectivity index (χ4n) is 3.09. The van der Waals surface area contributed by atoms with Crippen LogP contribution in [0.2, 0.25) is 0 Å². The Labute approximate surface area is 172 Å². The second-order valence-corrected chi connectivity index (χ2v) is 6.34. The molecular formula is C18H28IN7. The molecular weight excluding hydrogens is 441 g/mol. The first-order valence-electron chi connectivity index (χ1n) is 8.85. The van der Waals surface area contributed by atoms with Crippen LogP contribution in [0.5, 0.6) is 0 Å². The zero-order chi connectivity index (χ0) is 17.6. The number of hydrogen-bond donors (Lipinski definition) is 2. The normalized spacial score (nSPS) is 13.8. The van der Waals surface area contributed by atoms with Gasteiger partial charge in [0.25, 0.3) is 0 Å². The van der Waals surface area contributed by atoms with E-state index in [9.17, 15) is 0 Å². The standard InChI is InChI=1S/C18H27N7.HI/c1-4-19-18(21-12-17-22-13-23-25(17)3)20-11-14-7-8-16-15(10-14)6-5-9-24(16)2;/h7-8,10,13H,4-6,9,11-12H2,1-3H3,(H2,19,20,21);1H. The van der Waals surface area contributed by atoms with Crippen LogP contribution >= 0.6 is 24.0 Å². The van der Waals surface area contributed by atoms with Crippen molar-refractivity contribution < 1.29 is 0 Å². The number of rotatable bonds is 5. The number of aromatic nitrogens is 3. The molecule has 0 bridgehead atoms. The third kappa shape index (κ3) is 5.09. The fraction of sp³-hybridized carbons (Fsp3) is 0.500. The Morgan fingerprint density at radius 2 is 2.12 bits per heavy atom. The molecule has 0 unspecified atom stereocenters. The van der Waals surface area contributed by atoms with Gasteiger partial charge in [0, 0.05) is 32.9 Å². The van der Waals surface area contributed by atoms with Gasteiger partial charge in [-0.25, -0.2) is 9.98 Å². The van der Waals surface area contributed by atoms with Crippen LogP contribution < -0.4 is 15.5 Å². The number of nitrogens with one attached hydrogen (secondary N) is 2. The topological polar surface area (TPSA) is 70.4 Å². The van der Waals surface area contributed by atoms with Crippen LogP contribution in [0.3, 0.4) is 0 Å². The summed E-state index contributed by atoms with van der Waals surface area (Å²) in [5.74, 6) is 1.67. The average molecular weight is 469 g/mol. The van der Waals surface area contributed by atoms with E-state index < -0.39 is 0 Å². The van der Waals surface area contributed by atoms with Gasteiger partial charge in [-0.1, -0.05) is 12.1 Å². The molecule has 0 saturated carbocycles. The van der Waals surface area contributed by atoms with Crippen molar-refractivity contribution in [3.05, 3.63) is 41.5 Å². The van der Waals surface area contributed by atoms with Gasteiger partial charge in [-0.3, -0.25) is 4.68 Å². The first kappa shape index (κ1) is 20.5. The molecule has 1 aliphatic rings. The van der Waals surface area contributed by atoms with Gasteiger partial charge in [0.2, 0.25) is 0 Å². The minimum Gasteiger partial charge on any atom is -0.374 e. The van der Waals surface area contributed by atoms with Crippen LogP contribution in [0.4, 0.5) is 5.69 Å². The molecule has 142 valence electrons. The molecule has 1 aromatic carbocycles. The summed E-state index contributed by atoms with van der Waals surface area (Å²) in [6, 6.07) is 6.69. The summed E-state index contributed by atoms with van der Waals surface area (Å²) < 4.78 is 1.76. The molecule has 0 radical (unpaired) electrons. The molecule has 0 saturated heterocycles. The van der Waals surface area contributed by atoms with E-state index in [4.69, 9.17) is 4.99 Å². The van der Waals surface area contributed by atoms with Crippen LogP contribution in [-0.2, 0) is 26.6 Å². The van der Waals surface area contributed by atoms with Gasteiger partial charge in [0.15, 0.2) is 5.96 Å². The van der Waals surface area contributed by atoms with Crippen molar-refractivity contribution in [2.24, 2.45) is 12.0 Å². The lowest BCUT2D eigenvalue weighted by molar-refractivity contribution is 0.673. The molecule has 1 aliphatic heterocycles. The average Bonchev–Trinajstić information content (AvgIpc) is 3.02. The lowest BCUT2D eigenvalue weighted by atomic mass is 10.00. The first-order chi connectivity index (χ1) is 12.2. The van der Waals surface area contributed by atoms with E-state index in [1.165, 1.54) is 23.2 Å². The molecule has 0 fully saturated rings. The maximum Gasteiger partial charge on any atom is 0.191 e. The summed E-state index contributed by atoms with van der Waals surface area (Å²) in [7, 11) is 4.05. The van der Waals surface area contributed by atoms with E-state index in [0.717, 1.165) is 31.3 Å². The van der Waals surface area contributed by atoms with E-state index in [-0.39, 0.29) is 24.0 Å². The van der Waals surface area contributed by atoms with Crippen LogP contribution in [-0.4, -0.2) is 40.9 Å². The van der Waals surface area contributed by atoms with Gasteiger partial charge in [-0.15, -0.1) is 24.0 Å². The summed E-state index contributed by atoms with van der Waals surface area (Å²) in [6.45, 7) is 5.28. The van der Waals surface area contributed by atoms with Gasteiger partial charge < -0.3 is 15.5 Å². The van der Waals surface area contributed by atoms with E-state index >= 15 is 0 Å². The van der Waals surface area contributed by atoms with Crippen LogP contribution in [0, 0.1) is 0 Å². The Morgan fingerprint density at radius 1 is 1.27 bits per heavy atom. The third-order valence-electron chi connectivity index (χ3n) is 4.48. The van der Waals surface area contributed by atoms with Crippen LogP contribution in [0.25, 0.3) is 0 Å². The van der Waals surface area contributed by atoms with Crippen molar-refractivity contribution in [1.82, 2.24) is 25.4 Å². The predicted octanol–water partition coefficient (Wildman–Crippen LogP) is 2.07. The molecule has 8 heteroatoms. The molecule has 26 heavy (non-hydrogen) atoms. The van der Waals surface area contributed by atoms with Gasteiger partial charge in [-0.05, 0) is 37.0 Å². The smallest absolute Gasteiger partial charge is 0.191 e. The Hall–Kier alpha value is -1.84. The van der Waals surface area contributed by atoms with Crippen molar-refractivity contribution in [2.45, 2.75) is 32.9 Å². The summed E-state index contributed by atoms with van der Waals surface area (Å²) >= 11 is 0. The van der Waals surface area contributed by atoms with E-state index in [0.29, 0.717) is 13.1 Å². The van der Waals surface area contributed by atoms with Crippen molar-refractivity contribution >= 4 is 35.6 Å². The highest BCUT2D eigenvalue weighted by atomic mass is 127. The Kier molecular flexibility index (Phi) is 7.67. The number of halogens is 1. The summed E-state index contributed by atoms with van der Waals surface area (Å²) in [5.41, 5.74) is 4.02. The lowest BCUT2D eigenvalue weighted by Crippen LogP contribution is -2.37. The number of anilines is 1. The molecule has 3 rings (SSSR count). The lowest BCUT2D eigenvalue weighted by Gasteiger charge is -2.27. The minimum atomic E-state index is 0. The maximum atomic E-state index is 4.70. The molecule has 1 aromatic heterocycles. The molecule has 7 nitrogen and oxygen atoms in total. The monoisotopic (exact) mass is 469 g/mol. The third-order valence-corrected chi connectivity index (χ3v) is 4.48. The quantitative estimate of drug-likeness (QED) is 0.399. The Morgan fingerprint density at radius 3 is 2.85 bits per heavy atom. The molecule has 0 aliphatic carbocycles. The Bertz CT molecular complexity index is 741. The second kappa shape index (κ2) is 9.75. The first-order valence-corrected chi connectivity index (χ1v) is 8.85. The summed E-state index contributed by atoms with van der Waals surface area (Å²) in [6.07, 6.45) is 3.94. The van der Waals surface area contributed by atoms with E-state index in [1.807, 2.05) is 7.05 Å². The van der Waals surface area contributed by atoms with Gasteiger partial charge >= 0.3 is 0 Å². The Balaban J connectivity index is 0.00000243. The highest BCUT2D eigenvalue weighted by molar-refractivity contribution is 14.0. The highest BCUT2D eigenvalue weighted by Crippen LogP contribution is 2.26. The van der Waals surface area contributed by atoms with Crippen LogP contribution in [0.1, 0.15) is 30.3 Å². The number of guanidine groups is 1. The molecule has 0 amide bonds. The van der Waals surface area contributed by atoms with Crippen molar-refractivity contribution in [3.63, 3.8) is 0 Å². The van der Waals surface area contributed by atoms with Crippen LogP contribution in [0.15, 0.2) is 29.5 Å². The second-order valence-electron chi connectivity index (χ2n) is 6.34. The molecule has 0 spiro atoms. The highest BCUT2D eigenvalue weighted by Gasteiger charge is 2.13.